The van der Waals surface area contributed by atoms with Crippen LogP contribution in [0.4, 0.5) is 11.5 Å². The minimum atomic E-state index is 0.481. The lowest BCUT2D eigenvalue weighted by Gasteiger charge is -2.18. The molecular weight excluding hydrogens is 292 g/mol. The van der Waals surface area contributed by atoms with Crippen LogP contribution in [0.15, 0.2) is 46.6 Å². The van der Waals surface area contributed by atoms with Gasteiger partial charge < -0.3 is 11.1 Å². The molecule has 1 aromatic heterocycles. The molecule has 5 heteroatoms. The lowest BCUT2D eigenvalue weighted by molar-refractivity contribution is 0.617. The smallest absolute Gasteiger partial charge is 0.154 e. The summed E-state index contributed by atoms with van der Waals surface area (Å²) in [6, 6.07) is 10.6. The molecule has 3 N–H and O–H groups in total. The summed E-state index contributed by atoms with van der Waals surface area (Å²) in [7, 11) is 0. The Labute approximate surface area is 135 Å². The number of nitrogens with zero attached hydrogens (tertiary/aromatic N) is 2. The van der Waals surface area contributed by atoms with Gasteiger partial charge in [-0.3, -0.25) is 0 Å². The average molecular weight is 314 g/mol. The largest absolute Gasteiger partial charge is 0.394 e. The Balaban J connectivity index is 1.73. The van der Waals surface area contributed by atoms with Crippen molar-refractivity contribution in [2.24, 2.45) is 0 Å². The van der Waals surface area contributed by atoms with Gasteiger partial charge in [-0.05, 0) is 25.0 Å². The molecule has 1 aromatic carbocycles. The van der Waals surface area contributed by atoms with Gasteiger partial charge in [0.25, 0.3) is 0 Å². The minimum absolute atomic E-state index is 0.481. The molecule has 1 aliphatic carbocycles. The van der Waals surface area contributed by atoms with Crippen molar-refractivity contribution < 1.29 is 0 Å². The SMILES string of the molecule is Nc1c(NC2CCCCCC2)ncnc1Sc1ccccc1. The van der Waals surface area contributed by atoms with Crippen molar-refractivity contribution in [3.8, 4) is 0 Å². The van der Waals surface area contributed by atoms with Gasteiger partial charge in [-0.25, -0.2) is 9.97 Å². The van der Waals surface area contributed by atoms with Crippen LogP contribution in [-0.4, -0.2) is 16.0 Å². The van der Waals surface area contributed by atoms with Gasteiger partial charge in [-0.1, -0.05) is 55.6 Å². The second-order valence-electron chi connectivity index (χ2n) is 5.69. The first-order valence-electron chi connectivity index (χ1n) is 7.93. The van der Waals surface area contributed by atoms with E-state index in [-0.39, 0.29) is 0 Å². The molecule has 0 radical (unpaired) electrons. The van der Waals surface area contributed by atoms with E-state index in [4.69, 9.17) is 5.73 Å². The zero-order valence-electron chi connectivity index (χ0n) is 12.7. The fourth-order valence-corrected chi connectivity index (χ4v) is 3.62. The Morgan fingerprint density at radius 2 is 1.73 bits per heavy atom. The van der Waals surface area contributed by atoms with Crippen molar-refractivity contribution in [1.82, 2.24) is 9.97 Å². The summed E-state index contributed by atoms with van der Waals surface area (Å²) >= 11 is 1.58. The first-order valence-corrected chi connectivity index (χ1v) is 8.74. The quantitative estimate of drug-likeness (QED) is 0.649. The summed E-state index contributed by atoms with van der Waals surface area (Å²) in [5.41, 5.74) is 6.93. The summed E-state index contributed by atoms with van der Waals surface area (Å²) < 4.78 is 0. The van der Waals surface area contributed by atoms with Crippen LogP contribution in [0, 0.1) is 0 Å². The molecule has 1 heterocycles. The van der Waals surface area contributed by atoms with E-state index in [0.717, 1.165) is 15.7 Å². The van der Waals surface area contributed by atoms with Crippen molar-refractivity contribution in [2.75, 3.05) is 11.1 Å². The predicted octanol–water partition coefficient (Wildman–Crippen LogP) is 4.34. The highest BCUT2D eigenvalue weighted by molar-refractivity contribution is 7.99. The lowest BCUT2D eigenvalue weighted by Crippen LogP contribution is -2.20. The number of hydrogen-bond acceptors (Lipinski definition) is 5. The second kappa shape index (κ2) is 7.49. The third kappa shape index (κ3) is 3.91. The molecule has 0 aliphatic heterocycles. The molecule has 3 rings (SSSR count). The van der Waals surface area contributed by atoms with E-state index < -0.39 is 0 Å². The number of rotatable bonds is 4. The predicted molar refractivity (Wildman–Crippen MR) is 92.1 cm³/mol. The van der Waals surface area contributed by atoms with Crippen LogP contribution in [0.1, 0.15) is 38.5 Å². The average Bonchev–Trinajstić information content (AvgIpc) is 2.81. The van der Waals surface area contributed by atoms with E-state index in [2.05, 4.69) is 27.4 Å². The molecule has 0 saturated heterocycles. The fraction of sp³-hybridized carbons (Fsp3) is 0.412. The van der Waals surface area contributed by atoms with Crippen LogP contribution >= 0.6 is 11.8 Å². The molecule has 0 atom stereocenters. The summed E-state index contributed by atoms with van der Waals surface area (Å²) in [6.45, 7) is 0. The number of aromatic nitrogens is 2. The zero-order valence-corrected chi connectivity index (χ0v) is 13.5. The number of nitrogens with two attached hydrogens (primary N) is 1. The second-order valence-corrected chi connectivity index (χ2v) is 6.75. The molecule has 0 spiro atoms. The third-order valence-corrected chi connectivity index (χ3v) is 5.03. The number of hydrogen-bond donors (Lipinski definition) is 2. The minimum Gasteiger partial charge on any atom is -0.394 e. The summed E-state index contributed by atoms with van der Waals surface area (Å²) in [4.78, 5) is 9.81. The molecule has 0 bridgehead atoms. The van der Waals surface area contributed by atoms with Crippen molar-refractivity contribution >= 4 is 23.3 Å². The normalized spacial score (nSPS) is 16.2. The first kappa shape index (κ1) is 15.2. The summed E-state index contributed by atoms with van der Waals surface area (Å²) in [5, 5.41) is 4.34. The maximum atomic E-state index is 6.28. The highest BCUT2D eigenvalue weighted by atomic mass is 32.2. The van der Waals surface area contributed by atoms with Gasteiger partial charge in [0.05, 0.1) is 0 Å². The van der Waals surface area contributed by atoms with Crippen LogP contribution in [0.25, 0.3) is 0 Å². The molecule has 1 aliphatic rings. The fourth-order valence-electron chi connectivity index (χ4n) is 2.79. The van der Waals surface area contributed by atoms with Crippen LogP contribution in [0.5, 0.6) is 0 Å². The maximum Gasteiger partial charge on any atom is 0.154 e. The van der Waals surface area contributed by atoms with E-state index in [0.29, 0.717) is 11.7 Å². The Bertz CT molecular complexity index is 595. The summed E-state index contributed by atoms with van der Waals surface area (Å²) in [5.74, 6) is 0.778. The monoisotopic (exact) mass is 314 g/mol. The Kier molecular flexibility index (Phi) is 5.16. The highest BCUT2D eigenvalue weighted by Crippen LogP contribution is 2.33. The third-order valence-electron chi connectivity index (χ3n) is 4.00. The van der Waals surface area contributed by atoms with Crippen molar-refractivity contribution in [3.63, 3.8) is 0 Å². The van der Waals surface area contributed by atoms with Crippen molar-refractivity contribution in [1.29, 1.82) is 0 Å². The Morgan fingerprint density at radius 1 is 1.00 bits per heavy atom. The van der Waals surface area contributed by atoms with E-state index in [1.807, 2.05) is 18.2 Å². The van der Waals surface area contributed by atoms with E-state index in [9.17, 15) is 0 Å². The first-order chi connectivity index (χ1) is 10.8. The zero-order chi connectivity index (χ0) is 15.2. The van der Waals surface area contributed by atoms with Gasteiger partial charge in [0.1, 0.15) is 17.0 Å². The molecule has 0 unspecified atom stereocenters. The van der Waals surface area contributed by atoms with Crippen LogP contribution in [0.2, 0.25) is 0 Å². The molecule has 116 valence electrons. The molecule has 22 heavy (non-hydrogen) atoms. The van der Waals surface area contributed by atoms with Crippen molar-refractivity contribution in [3.05, 3.63) is 36.7 Å². The molecule has 0 amide bonds. The molecule has 4 nitrogen and oxygen atoms in total. The Hall–Kier alpha value is -1.75. The van der Waals surface area contributed by atoms with Gasteiger partial charge in [0, 0.05) is 10.9 Å². The van der Waals surface area contributed by atoms with Gasteiger partial charge >= 0.3 is 0 Å². The Morgan fingerprint density at radius 3 is 2.45 bits per heavy atom. The van der Waals surface area contributed by atoms with Gasteiger partial charge in [-0.15, -0.1) is 0 Å². The number of anilines is 2. The van der Waals surface area contributed by atoms with Gasteiger partial charge in [-0.2, -0.15) is 0 Å². The van der Waals surface area contributed by atoms with Crippen LogP contribution in [0.3, 0.4) is 0 Å². The molecule has 1 saturated carbocycles. The van der Waals surface area contributed by atoms with E-state index >= 15 is 0 Å². The molecule has 2 aromatic rings. The number of nitrogen functional groups attached to an aromatic ring is 1. The van der Waals surface area contributed by atoms with Gasteiger partial charge in [0.15, 0.2) is 5.82 Å². The van der Waals surface area contributed by atoms with E-state index in [1.54, 1.807) is 18.1 Å². The number of nitrogens with one attached hydrogen (secondary N) is 1. The molecular formula is C17H22N4S. The van der Waals surface area contributed by atoms with Gasteiger partial charge in [0.2, 0.25) is 0 Å². The summed E-state index contributed by atoms with van der Waals surface area (Å²) in [6.07, 6.45) is 9.25. The highest BCUT2D eigenvalue weighted by Gasteiger charge is 2.16. The topological polar surface area (TPSA) is 63.8 Å². The standard InChI is InChI=1S/C17H22N4S/c18-15-16(21-13-8-4-1-2-5-9-13)19-12-20-17(15)22-14-10-6-3-7-11-14/h3,6-7,10-13H,1-2,4-5,8-9,18H2,(H,19,20,21). The maximum absolute atomic E-state index is 6.28. The van der Waals surface area contributed by atoms with E-state index in [1.165, 1.54) is 38.5 Å². The lowest BCUT2D eigenvalue weighted by atomic mass is 10.1. The van der Waals surface area contributed by atoms with Crippen LogP contribution in [-0.2, 0) is 0 Å². The number of benzene rings is 1. The van der Waals surface area contributed by atoms with Crippen molar-refractivity contribution in [2.45, 2.75) is 54.5 Å². The molecule has 1 fully saturated rings. The van der Waals surface area contributed by atoms with Crippen LogP contribution < -0.4 is 11.1 Å².